The summed E-state index contributed by atoms with van der Waals surface area (Å²) in [7, 11) is -1.08. The number of hydrogen-bond donors (Lipinski definition) is 1. The minimum absolute atomic E-state index is 0.0270. The first kappa shape index (κ1) is 27.7. The maximum absolute atomic E-state index is 13.8. The van der Waals surface area contributed by atoms with Crippen LogP contribution in [0.25, 0.3) is 0 Å². The van der Waals surface area contributed by atoms with Crippen LogP contribution in [0, 0.1) is 0 Å². The Hall–Kier alpha value is -3.85. The second-order valence-corrected chi connectivity index (χ2v) is 10.2. The summed E-state index contributed by atoms with van der Waals surface area (Å²) in [5.74, 6) is -0.245. The van der Waals surface area contributed by atoms with Crippen LogP contribution < -0.4 is 14.4 Å². The van der Waals surface area contributed by atoms with Crippen molar-refractivity contribution in [1.29, 1.82) is 0 Å². The van der Waals surface area contributed by atoms with Crippen molar-refractivity contribution >= 4 is 27.5 Å². The van der Waals surface area contributed by atoms with E-state index in [9.17, 15) is 18.0 Å². The van der Waals surface area contributed by atoms with Crippen molar-refractivity contribution in [1.82, 2.24) is 10.2 Å². The number of amides is 2. The number of carbonyl (C=O) groups is 2. The molecule has 196 valence electrons. The first-order chi connectivity index (χ1) is 17.8. The van der Waals surface area contributed by atoms with E-state index in [-0.39, 0.29) is 17.3 Å². The number of para-hydroxylation sites is 1. The number of ether oxygens (including phenoxy) is 1. The van der Waals surface area contributed by atoms with E-state index in [1.54, 1.807) is 42.5 Å². The standard InChI is InChI=1S/C28H33N3O5S/c1-4-26(28(33)29-2)30(20-19-22-11-7-5-8-12-22)27(32)21-31(23-13-9-6-10-14-23)37(34,35)25-17-15-24(36-3)16-18-25/h5-18,26H,4,19-21H2,1-3H3,(H,29,33). The Morgan fingerprint density at radius 1 is 0.919 bits per heavy atom. The number of sulfonamides is 1. The molecular weight excluding hydrogens is 490 g/mol. The normalized spacial score (nSPS) is 11.9. The van der Waals surface area contributed by atoms with Gasteiger partial charge in [0.25, 0.3) is 10.0 Å². The molecule has 2 amide bonds. The first-order valence-corrected chi connectivity index (χ1v) is 13.5. The minimum atomic E-state index is -4.10. The van der Waals surface area contributed by atoms with Crippen LogP contribution in [-0.4, -0.2) is 58.4 Å². The van der Waals surface area contributed by atoms with Crippen molar-refractivity contribution in [2.24, 2.45) is 0 Å². The maximum atomic E-state index is 13.8. The largest absolute Gasteiger partial charge is 0.497 e. The molecule has 0 aliphatic rings. The van der Waals surface area contributed by atoms with E-state index in [1.807, 2.05) is 37.3 Å². The second kappa shape index (κ2) is 12.9. The lowest BCUT2D eigenvalue weighted by Gasteiger charge is -2.33. The summed E-state index contributed by atoms with van der Waals surface area (Å²) in [6.45, 7) is 1.63. The molecule has 8 nitrogen and oxygen atoms in total. The van der Waals surface area contributed by atoms with Crippen molar-refractivity contribution in [2.75, 3.05) is 31.6 Å². The molecular formula is C28H33N3O5S. The molecule has 0 spiro atoms. The molecule has 1 unspecified atom stereocenters. The van der Waals surface area contributed by atoms with Crippen molar-refractivity contribution in [3.63, 3.8) is 0 Å². The predicted molar refractivity (Wildman–Crippen MR) is 144 cm³/mol. The van der Waals surface area contributed by atoms with E-state index in [1.165, 1.54) is 31.2 Å². The van der Waals surface area contributed by atoms with Gasteiger partial charge < -0.3 is 15.0 Å². The van der Waals surface area contributed by atoms with E-state index < -0.39 is 28.5 Å². The number of anilines is 1. The van der Waals surface area contributed by atoms with E-state index in [0.717, 1.165) is 9.87 Å². The molecule has 0 heterocycles. The number of likely N-dealkylation sites (N-methyl/N-ethyl adjacent to an activating group) is 1. The number of carbonyl (C=O) groups excluding carboxylic acids is 2. The number of hydrogen-bond acceptors (Lipinski definition) is 5. The Bertz CT molecular complexity index is 1270. The van der Waals surface area contributed by atoms with Crippen LogP contribution in [0.15, 0.2) is 89.8 Å². The quantitative estimate of drug-likeness (QED) is 0.392. The Kier molecular flexibility index (Phi) is 9.68. The van der Waals surface area contributed by atoms with Crippen LogP contribution in [0.4, 0.5) is 5.69 Å². The number of nitrogens with zero attached hydrogens (tertiary/aromatic N) is 2. The number of methoxy groups -OCH3 is 1. The van der Waals surface area contributed by atoms with Crippen LogP contribution in [0.2, 0.25) is 0 Å². The van der Waals surface area contributed by atoms with Gasteiger partial charge in [-0.2, -0.15) is 0 Å². The second-order valence-electron chi connectivity index (χ2n) is 8.38. The summed E-state index contributed by atoms with van der Waals surface area (Å²) in [5.41, 5.74) is 1.36. The van der Waals surface area contributed by atoms with Gasteiger partial charge in [-0.05, 0) is 54.8 Å². The monoisotopic (exact) mass is 523 g/mol. The van der Waals surface area contributed by atoms with Gasteiger partial charge >= 0.3 is 0 Å². The molecule has 3 aromatic rings. The molecule has 9 heteroatoms. The summed E-state index contributed by atoms with van der Waals surface area (Å²) in [4.78, 5) is 28.0. The minimum Gasteiger partial charge on any atom is -0.497 e. The highest BCUT2D eigenvalue weighted by atomic mass is 32.2. The van der Waals surface area contributed by atoms with E-state index in [4.69, 9.17) is 4.74 Å². The van der Waals surface area contributed by atoms with Crippen LogP contribution in [0.1, 0.15) is 18.9 Å². The predicted octanol–water partition coefficient (Wildman–Crippen LogP) is 3.49. The van der Waals surface area contributed by atoms with Crippen LogP contribution >= 0.6 is 0 Å². The summed E-state index contributed by atoms with van der Waals surface area (Å²) < 4.78 is 33.7. The zero-order valence-electron chi connectivity index (χ0n) is 21.3. The molecule has 0 radical (unpaired) electrons. The van der Waals surface area contributed by atoms with Crippen molar-refractivity contribution in [2.45, 2.75) is 30.7 Å². The van der Waals surface area contributed by atoms with E-state index >= 15 is 0 Å². The Morgan fingerprint density at radius 2 is 1.51 bits per heavy atom. The Balaban J connectivity index is 1.97. The lowest BCUT2D eigenvalue weighted by Crippen LogP contribution is -2.52. The molecule has 1 atom stereocenters. The molecule has 0 saturated carbocycles. The SMILES string of the molecule is CCC(C(=O)NC)N(CCc1ccccc1)C(=O)CN(c1ccccc1)S(=O)(=O)c1ccc(OC)cc1. The average molecular weight is 524 g/mol. The summed E-state index contributed by atoms with van der Waals surface area (Å²) in [6.07, 6.45) is 0.910. The lowest BCUT2D eigenvalue weighted by molar-refractivity contribution is -0.139. The van der Waals surface area contributed by atoms with Gasteiger partial charge in [0.2, 0.25) is 11.8 Å². The highest BCUT2D eigenvalue weighted by Gasteiger charge is 2.33. The van der Waals surface area contributed by atoms with Gasteiger partial charge in [-0.25, -0.2) is 8.42 Å². The van der Waals surface area contributed by atoms with Gasteiger partial charge in [0.05, 0.1) is 17.7 Å². The maximum Gasteiger partial charge on any atom is 0.264 e. The highest BCUT2D eigenvalue weighted by molar-refractivity contribution is 7.92. The molecule has 1 N–H and O–H groups in total. The van der Waals surface area contributed by atoms with Crippen LogP contribution in [0.3, 0.4) is 0 Å². The van der Waals surface area contributed by atoms with E-state index in [0.29, 0.717) is 24.3 Å². The zero-order valence-corrected chi connectivity index (χ0v) is 22.1. The molecule has 0 fully saturated rings. The van der Waals surface area contributed by atoms with Gasteiger partial charge in [0, 0.05) is 13.6 Å². The smallest absolute Gasteiger partial charge is 0.264 e. The van der Waals surface area contributed by atoms with Gasteiger partial charge in [0.1, 0.15) is 18.3 Å². The third kappa shape index (κ3) is 6.89. The summed E-state index contributed by atoms with van der Waals surface area (Å²) in [5, 5.41) is 2.62. The van der Waals surface area contributed by atoms with Gasteiger partial charge in [-0.15, -0.1) is 0 Å². The topological polar surface area (TPSA) is 96.0 Å². The third-order valence-corrected chi connectivity index (χ3v) is 7.88. The molecule has 0 saturated heterocycles. The molecule has 0 aromatic heterocycles. The fraction of sp³-hybridized carbons (Fsp3) is 0.286. The van der Waals surface area contributed by atoms with Crippen molar-refractivity contribution in [3.8, 4) is 5.75 Å². The Labute approximate surface area is 218 Å². The van der Waals surface area contributed by atoms with Gasteiger partial charge in [-0.1, -0.05) is 55.5 Å². The number of benzene rings is 3. The summed E-state index contributed by atoms with van der Waals surface area (Å²) in [6, 6.07) is 23.4. The molecule has 37 heavy (non-hydrogen) atoms. The summed E-state index contributed by atoms with van der Waals surface area (Å²) >= 11 is 0. The fourth-order valence-electron chi connectivity index (χ4n) is 4.06. The van der Waals surface area contributed by atoms with Gasteiger partial charge in [0.15, 0.2) is 0 Å². The zero-order chi connectivity index (χ0) is 26.8. The van der Waals surface area contributed by atoms with E-state index in [2.05, 4.69) is 5.32 Å². The number of nitrogens with one attached hydrogen (secondary N) is 1. The fourth-order valence-corrected chi connectivity index (χ4v) is 5.47. The highest BCUT2D eigenvalue weighted by Crippen LogP contribution is 2.25. The first-order valence-electron chi connectivity index (χ1n) is 12.1. The molecule has 0 bridgehead atoms. The van der Waals surface area contributed by atoms with Gasteiger partial charge in [-0.3, -0.25) is 13.9 Å². The lowest BCUT2D eigenvalue weighted by atomic mass is 10.1. The number of rotatable bonds is 12. The molecule has 0 aliphatic heterocycles. The molecule has 3 rings (SSSR count). The third-order valence-electron chi connectivity index (χ3n) is 6.09. The average Bonchev–Trinajstić information content (AvgIpc) is 2.94. The Morgan fingerprint density at radius 3 is 2.05 bits per heavy atom. The molecule has 0 aliphatic carbocycles. The molecule has 3 aromatic carbocycles. The van der Waals surface area contributed by atoms with Crippen LogP contribution in [-0.2, 0) is 26.0 Å². The van der Waals surface area contributed by atoms with Crippen molar-refractivity contribution < 1.29 is 22.7 Å². The van der Waals surface area contributed by atoms with Crippen LogP contribution in [0.5, 0.6) is 5.75 Å². The van der Waals surface area contributed by atoms with Crippen molar-refractivity contribution in [3.05, 3.63) is 90.5 Å².